The van der Waals surface area contributed by atoms with Crippen LogP contribution in [0.4, 0.5) is 0 Å². The van der Waals surface area contributed by atoms with E-state index in [1.165, 1.54) is 38.5 Å². The van der Waals surface area contributed by atoms with Crippen LogP contribution in [0.5, 0.6) is 0 Å². The third-order valence-corrected chi connectivity index (χ3v) is 5.05. The Balaban J connectivity index is 2.01. The predicted octanol–water partition coefficient (Wildman–Crippen LogP) is 4.60. The van der Waals surface area contributed by atoms with Gasteiger partial charge in [-0.1, -0.05) is 57.9 Å². The van der Waals surface area contributed by atoms with E-state index in [0.717, 1.165) is 18.4 Å². The molecular formula is C19H31N. The first kappa shape index (κ1) is 15.6. The van der Waals surface area contributed by atoms with Gasteiger partial charge in [0.1, 0.15) is 0 Å². The molecule has 0 spiro atoms. The first-order valence-electron chi connectivity index (χ1n) is 8.58. The van der Waals surface area contributed by atoms with Crippen LogP contribution in [0, 0.1) is 11.8 Å². The van der Waals surface area contributed by atoms with Crippen molar-refractivity contribution >= 4 is 0 Å². The first-order valence-corrected chi connectivity index (χ1v) is 8.58. The fourth-order valence-electron chi connectivity index (χ4n) is 3.63. The van der Waals surface area contributed by atoms with Crippen molar-refractivity contribution < 1.29 is 0 Å². The fraction of sp³-hybridized carbons (Fsp3) is 0.684. The lowest BCUT2D eigenvalue weighted by Gasteiger charge is -2.28. The predicted molar refractivity (Wildman–Crippen MR) is 88.1 cm³/mol. The van der Waals surface area contributed by atoms with Gasteiger partial charge in [0, 0.05) is 6.04 Å². The van der Waals surface area contributed by atoms with Crippen LogP contribution in [0.25, 0.3) is 0 Å². The molecule has 1 nitrogen and oxygen atoms in total. The standard InChI is InChI=1S/C19H31N/c1-4-11-20-19(12-15(5-2)6-3)18-13-16-9-7-8-10-17(16)14-18/h7-10,15,18-20H,4-6,11-14H2,1-3H3. The van der Waals surface area contributed by atoms with Crippen LogP contribution in [0.1, 0.15) is 57.6 Å². The molecule has 0 bridgehead atoms. The van der Waals surface area contributed by atoms with E-state index in [2.05, 4.69) is 50.4 Å². The second-order valence-electron chi connectivity index (χ2n) is 6.42. The molecule has 0 heterocycles. The molecule has 20 heavy (non-hydrogen) atoms. The molecular weight excluding hydrogens is 242 g/mol. The molecule has 1 aliphatic carbocycles. The monoisotopic (exact) mass is 273 g/mol. The second kappa shape index (κ2) is 7.83. The van der Waals surface area contributed by atoms with Crippen LogP contribution < -0.4 is 5.32 Å². The van der Waals surface area contributed by atoms with Gasteiger partial charge in [-0.3, -0.25) is 0 Å². The molecule has 1 unspecified atom stereocenters. The molecule has 1 N–H and O–H groups in total. The van der Waals surface area contributed by atoms with E-state index < -0.39 is 0 Å². The van der Waals surface area contributed by atoms with Crippen molar-refractivity contribution in [3.05, 3.63) is 35.4 Å². The molecule has 1 heteroatoms. The molecule has 0 saturated heterocycles. The zero-order valence-electron chi connectivity index (χ0n) is 13.5. The van der Waals surface area contributed by atoms with Gasteiger partial charge in [-0.25, -0.2) is 0 Å². The summed E-state index contributed by atoms with van der Waals surface area (Å²) < 4.78 is 0. The summed E-state index contributed by atoms with van der Waals surface area (Å²) in [7, 11) is 0. The van der Waals surface area contributed by atoms with E-state index >= 15 is 0 Å². The van der Waals surface area contributed by atoms with Gasteiger partial charge in [0.25, 0.3) is 0 Å². The Morgan fingerprint density at radius 3 is 2.15 bits per heavy atom. The van der Waals surface area contributed by atoms with Crippen LogP contribution in [-0.4, -0.2) is 12.6 Å². The number of benzene rings is 1. The molecule has 0 aliphatic heterocycles. The summed E-state index contributed by atoms with van der Waals surface area (Å²) in [5.74, 6) is 1.69. The Morgan fingerprint density at radius 2 is 1.65 bits per heavy atom. The Labute approximate surface area is 125 Å². The highest BCUT2D eigenvalue weighted by Crippen LogP contribution is 2.31. The molecule has 1 aromatic carbocycles. The quantitative estimate of drug-likeness (QED) is 0.730. The van der Waals surface area contributed by atoms with E-state index in [1.54, 1.807) is 11.1 Å². The van der Waals surface area contributed by atoms with Crippen LogP contribution in [0.15, 0.2) is 24.3 Å². The maximum Gasteiger partial charge on any atom is 0.0104 e. The molecule has 0 aromatic heterocycles. The number of rotatable bonds is 8. The number of hydrogen-bond acceptors (Lipinski definition) is 1. The second-order valence-corrected chi connectivity index (χ2v) is 6.42. The molecule has 2 rings (SSSR count). The highest BCUT2D eigenvalue weighted by atomic mass is 14.9. The number of fused-ring (bicyclic) bond motifs is 1. The van der Waals surface area contributed by atoms with Gasteiger partial charge < -0.3 is 5.32 Å². The lowest BCUT2D eigenvalue weighted by atomic mass is 9.86. The minimum Gasteiger partial charge on any atom is -0.314 e. The minimum atomic E-state index is 0.701. The molecule has 0 saturated carbocycles. The molecule has 0 radical (unpaired) electrons. The maximum atomic E-state index is 3.85. The van der Waals surface area contributed by atoms with Gasteiger partial charge >= 0.3 is 0 Å². The summed E-state index contributed by atoms with van der Waals surface area (Å²) in [6, 6.07) is 9.73. The lowest BCUT2D eigenvalue weighted by Crippen LogP contribution is -2.38. The Morgan fingerprint density at radius 1 is 1.05 bits per heavy atom. The van der Waals surface area contributed by atoms with Gasteiger partial charge in [-0.05, 0) is 55.2 Å². The molecule has 1 aliphatic rings. The summed E-state index contributed by atoms with van der Waals surface area (Å²) >= 11 is 0. The number of hydrogen-bond donors (Lipinski definition) is 1. The fourth-order valence-corrected chi connectivity index (χ4v) is 3.63. The lowest BCUT2D eigenvalue weighted by molar-refractivity contribution is 0.288. The van der Waals surface area contributed by atoms with Crippen molar-refractivity contribution in [3.63, 3.8) is 0 Å². The third-order valence-electron chi connectivity index (χ3n) is 5.05. The molecule has 1 aromatic rings. The van der Waals surface area contributed by atoms with Crippen LogP contribution >= 0.6 is 0 Å². The average molecular weight is 273 g/mol. The Bertz CT molecular complexity index is 370. The highest BCUT2D eigenvalue weighted by Gasteiger charge is 2.29. The van der Waals surface area contributed by atoms with E-state index in [0.29, 0.717) is 6.04 Å². The summed E-state index contributed by atoms with van der Waals surface area (Å²) in [6.07, 6.45) is 7.78. The van der Waals surface area contributed by atoms with Crippen LogP contribution in [-0.2, 0) is 12.8 Å². The van der Waals surface area contributed by atoms with Gasteiger partial charge in [-0.15, -0.1) is 0 Å². The maximum absolute atomic E-state index is 3.85. The van der Waals surface area contributed by atoms with Gasteiger partial charge in [0.15, 0.2) is 0 Å². The highest BCUT2D eigenvalue weighted by molar-refractivity contribution is 5.32. The van der Waals surface area contributed by atoms with E-state index in [9.17, 15) is 0 Å². The smallest absolute Gasteiger partial charge is 0.0104 e. The van der Waals surface area contributed by atoms with E-state index in [1.807, 2.05) is 0 Å². The van der Waals surface area contributed by atoms with Crippen molar-refractivity contribution in [3.8, 4) is 0 Å². The first-order chi connectivity index (χ1) is 9.78. The summed E-state index contributed by atoms with van der Waals surface area (Å²) in [5.41, 5.74) is 3.18. The number of nitrogens with one attached hydrogen (secondary N) is 1. The molecule has 0 fully saturated rings. The van der Waals surface area contributed by atoms with E-state index in [-0.39, 0.29) is 0 Å². The minimum absolute atomic E-state index is 0.701. The topological polar surface area (TPSA) is 12.0 Å². The van der Waals surface area contributed by atoms with Crippen molar-refractivity contribution in [1.29, 1.82) is 0 Å². The SMILES string of the molecule is CCCNC(CC(CC)CC)C1Cc2ccccc2C1. The summed E-state index contributed by atoms with van der Waals surface area (Å²) in [4.78, 5) is 0. The van der Waals surface area contributed by atoms with Crippen LogP contribution in [0.2, 0.25) is 0 Å². The summed E-state index contributed by atoms with van der Waals surface area (Å²) in [5, 5.41) is 3.85. The van der Waals surface area contributed by atoms with Crippen molar-refractivity contribution in [2.75, 3.05) is 6.54 Å². The Kier molecular flexibility index (Phi) is 6.09. The molecule has 112 valence electrons. The zero-order chi connectivity index (χ0) is 14.4. The van der Waals surface area contributed by atoms with Gasteiger partial charge in [0.2, 0.25) is 0 Å². The van der Waals surface area contributed by atoms with Crippen LogP contribution in [0.3, 0.4) is 0 Å². The average Bonchev–Trinajstić information content (AvgIpc) is 2.91. The molecule has 1 atom stereocenters. The Hall–Kier alpha value is -0.820. The largest absolute Gasteiger partial charge is 0.314 e. The van der Waals surface area contributed by atoms with E-state index in [4.69, 9.17) is 0 Å². The van der Waals surface area contributed by atoms with Gasteiger partial charge in [0.05, 0.1) is 0 Å². The van der Waals surface area contributed by atoms with Crippen molar-refractivity contribution in [1.82, 2.24) is 5.32 Å². The molecule has 0 amide bonds. The van der Waals surface area contributed by atoms with Gasteiger partial charge in [-0.2, -0.15) is 0 Å². The van der Waals surface area contributed by atoms with Crippen molar-refractivity contribution in [2.45, 2.75) is 65.3 Å². The third kappa shape index (κ3) is 3.85. The van der Waals surface area contributed by atoms with Crippen molar-refractivity contribution in [2.24, 2.45) is 11.8 Å². The zero-order valence-corrected chi connectivity index (χ0v) is 13.5. The normalized spacial score (nSPS) is 16.6. The summed E-state index contributed by atoms with van der Waals surface area (Å²) in [6.45, 7) is 8.12.